The first-order chi connectivity index (χ1) is 7.67. The monoisotopic (exact) mass is 232 g/mol. The van der Waals surface area contributed by atoms with E-state index in [2.05, 4.69) is 0 Å². The van der Waals surface area contributed by atoms with Crippen molar-refractivity contribution in [1.29, 1.82) is 0 Å². The van der Waals surface area contributed by atoms with Gasteiger partial charge in [-0.3, -0.25) is 4.79 Å². The van der Waals surface area contributed by atoms with Crippen LogP contribution in [0.1, 0.15) is 13.3 Å². The maximum atomic E-state index is 11.9. The Hall–Kier alpha value is -0.650. The van der Waals surface area contributed by atoms with E-state index in [0.717, 1.165) is 6.42 Å². The lowest BCUT2D eigenvalue weighted by Crippen LogP contribution is -2.40. The Bertz CT molecular complexity index is 188. The molecule has 16 heavy (non-hydrogen) atoms. The van der Waals surface area contributed by atoms with Gasteiger partial charge in [-0.25, -0.2) is 0 Å². The fourth-order valence-corrected chi connectivity index (χ4v) is 1.35. The molecule has 0 aliphatic carbocycles. The zero-order valence-electron chi connectivity index (χ0n) is 10.6. The number of hydrogen-bond acceptors (Lipinski definition) is 4. The summed E-state index contributed by atoms with van der Waals surface area (Å²) in [4.78, 5) is 13.7. The smallest absolute Gasteiger partial charge is 0.226 e. The average molecular weight is 232 g/mol. The molecule has 0 radical (unpaired) electrons. The number of carbonyl (C=O) groups is 1. The van der Waals surface area contributed by atoms with Crippen LogP contribution in [-0.4, -0.2) is 57.9 Å². The summed E-state index contributed by atoms with van der Waals surface area (Å²) in [6.45, 7) is 4.75. The molecule has 0 saturated heterocycles. The van der Waals surface area contributed by atoms with Crippen molar-refractivity contribution in [2.75, 3.05) is 47.1 Å². The molecule has 2 N–H and O–H groups in total. The van der Waals surface area contributed by atoms with Crippen LogP contribution in [0.3, 0.4) is 0 Å². The minimum atomic E-state index is -0.126. The molecule has 1 amide bonds. The van der Waals surface area contributed by atoms with Crippen molar-refractivity contribution in [2.45, 2.75) is 13.3 Å². The zero-order chi connectivity index (χ0) is 12.4. The minimum Gasteiger partial charge on any atom is -0.385 e. The number of nitrogens with zero attached hydrogens (tertiary/aromatic N) is 1. The van der Waals surface area contributed by atoms with E-state index in [4.69, 9.17) is 15.2 Å². The van der Waals surface area contributed by atoms with Crippen LogP contribution in [0.4, 0.5) is 0 Å². The van der Waals surface area contributed by atoms with Gasteiger partial charge in [-0.05, 0) is 6.42 Å². The van der Waals surface area contributed by atoms with Crippen molar-refractivity contribution < 1.29 is 14.3 Å². The van der Waals surface area contributed by atoms with Gasteiger partial charge in [0.05, 0.1) is 6.61 Å². The van der Waals surface area contributed by atoms with Crippen molar-refractivity contribution in [1.82, 2.24) is 4.90 Å². The molecular weight excluding hydrogens is 208 g/mol. The van der Waals surface area contributed by atoms with E-state index in [1.165, 1.54) is 0 Å². The Kier molecular flexibility index (Phi) is 9.18. The summed E-state index contributed by atoms with van der Waals surface area (Å²) in [5.41, 5.74) is 5.49. The summed E-state index contributed by atoms with van der Waals surface area (Å²) in [6, 6.07) is 0. The third-order valence-electron chi connectivity index (χ3n) is 2.43. The van der Waals surface area contributed by atoms with Gasteiger partial charge >= 0.3 is 0 Å². The third kappa shape index (κ3) is 6.05. The van der Waals surface area contributed by atoms with Gasteiger partial charge in [-0.1, -0.05) is 6.92 Å². The highest BCUT2D eigenvalue weighted by atomic mass is 16.5. The van der Waals surface area contributed by atoms with E-state index in [1.54, 1.807) is 19.1 Å². The lowest BCUT2D eigenvalue weighted by atomic mass is 10.1. The van der Waals surface area contributed by atoms with Crippen LogP contribution in [0.5, 0.6) is 0 Å². The molecule has 0 bridgehead atoms. The zero-order valence-corrected chi connectivity index (χ0v) is 10.6. The van der Waals surface area contributed by atoms with Crippen LogP contribution in [0.2, 0.25) is 0 Å². The summed E-state index contributed by atoms with van der Waals surface area (Å²) < 4.78 is 9.96. The molecule has 0 fully saturated rings. The molecule has 0 spiro atoms. The lowest BCUT2D eigenvalue weighted by Gasteiger charge is -2.25. The summed E-state index contributed by atoms with van der Waals surface area (Å²) >= 11 is 0. The molecule has 0 rings (SSSR count). The summed E-state index contributed by atoms with van der Waals surface area (Å²) in [6.07, 6.45) is 0.837. The Morgan fingerprint density at radius 2 is 1.88 bits per heavy atom. The van der Waals surface area contributed by atoms with E-state index >= 15 is 0 Å². The van der Waals surface area contributed by atoms with Crippen LogP contribution >= 0.6 is 0 Å². The van der Waals surface area contributed by atoms with Crippen molar-refractivity contribution in [3.05, 3.63) is 0 Å². The predicted molar refractivity (Wildman–Crippen MR) is 63.2 cm³/mol. The Balaban J connectivity index is 4.12. The molecule has 96 valence electrons. The molecule has 5 nitrogen and oxygen atoms in total. The molecule has 0 aromatic carbocycles. The topological polar surface area (TPSA) is 64.8 Å². The first kappa shape index (κ1) is 15.3. The third-order valence-corrected chi connectivity index (χ3v) is 2.43. The van der Waals surface area contributed by atoms with E-state index < -0.39 is 0 Å². The highest BCUT2D eigenvalue weighted by molar-refractivity contribution is 5.78. The van der Waals surface area contributed by atoms with Crippen molar-refractivity contribution in [2.24, 2.45) is 11.7 Å². The predicted octanol–water partition coefficient (Wildman–Crippen LogP) is 0.0927. The molecular formula is C11H24N2O3. The van der Waals surface area contributed by atoms with E-state index in [9.17, 15) is 4.79 Å². The number of nitrogens with two attached hydrogens (primary N) is 1. The van der Waals surface area contributed by atoms with Gasteiger partial charge in [0.1, 0.15) is 0 Å². The molecule has 0 aliphatic heterocycles. The van der Waals surface area contributed by atoms with Crippen molar-refractivity contribution in [3.63, 3.8) is 0 Å². The average Bonchev–Trinajstić information content (AvgIpc) is 2.31. The van der Waals surface area contributed by atoms with Crippen LogP contribution in [-0.2, 0) is 14.3 Å². The minimum absolute atomic E-state index is 0.0932. The molecule has 0 aromatic heterocycles. The first-order valence-electron chi connectivity index (χ1n) is 5.64. The highest BCUT2D eigenvalue weighted by Gasteiger charge is 2.18. The quantitative estimate of drug-likeness (QED) is 0.572. The molecule has 1 unspecified atom stereocenters. The van der Waals surface area contributed by atoms with Gasteiger partial charge in [0, 0.05) is 46.4 Å². The number of rotatable bonds is 9. The number of hydrogen-bond donors (Lipinski definition) is 1. The summed E-state index contributed by atoms with van der Waals surface area (Å²) in [5, 5.41) is 0. The summed E-state index contributed by atoms with van der Waals surface area (Å²) in [5.74, 6) is -0.0324. The number of methoxy groups -OCH3 is 2. The van der Waals surface area contributed by atoms with Gasteiger partial charge in [0.15, 0.2) is 0 Å². The van der Waals surface area contributed by atoms with Gasteiger partial charge in [0.25, 0.3) is 0 Å². The normalized spacial score (nSPS) is 12.5. The summed E-state index contributed by atoms with van der Waals surface area (Å²) in [7, 11) is 3.29. The molecule has 0 aliphatic rings. The Morgan fingerprint density at radius 3 is 2.38 bits per heavy atom. The van der Waals surface area contributed by atoms with Crippen LogP contribution in [0.25, 0.3) is 0 Å². The second kappa shape index (κ2) is 9.57. The van der Waals surface area contributed by atoms with E-state index in [0.29, 0.717) is 32.8 Å². The maximum Gasteiger partial charge on any atom is 0.226 e. The van der Waals surface area contributed by atoms with Gasteiger partial charge in [-0.15, -0.1) is 0 Å². The molecule has 1 atom stereocenters. The first-order valence-corrected chi connectivity index (χ1v) is 5.64. The van der Waals surface area contributed by atoms with Crippen LogP contribution in [0.15, 0.2) is 0 Å². The molecule has 5 heteroatoms. The van der Waals surface area contributed by atoms with Crippen LogP contribution in [0, 0.1) is 5.92 Å². The molecule has 0 heterocycles. The Labute approximate surface area is 97.9 Å². The second-order valence-corrected chi connectivity index (χ2v) is 3.80. The van der Waals surface area contributed by atoms with E-state index in [-0.39, 0.29) is 11.8 Å². The number of ether oxygens (including phenoxy) is 2. The fraction of sp³-hybridized carbons (Fsp3) is 0.909. The lowest BCUT2D eigenvalue weighted by molar-refractivity contribution is -0.135. The van der Waals surface area contributed by atoms with Crippen LogP contribution < -0.4 is 5.73 Å². The van der Waals surface area contributed by atoms with Crippen molar-refractivity contribution in [3.8, 4) is 0 Å². The number of carbonyl (C=O) groups excluding carboxylic acids is 1. The number of amides is 1. The standard InChI is InChI=1S/C11H24N2O3/c1-10(9-12)11(14)13(6-8-16-3)5-4-7-15-2/h10H,4-9,12H2,1-3H3. The highest BCUT2D eigenvalue weighted by Crippen LogP contribution is 2.02. The maximum absolute atomic E-state index is 11.9. The van der Waals surface area contributed by atoms with Gasteiger partial charge < -0.3 is 20.1 Å². The molecule has 0 saturated carbocycles. The van der Waals surface area contributed by atoms with Gasteiger partial charge in [0.2, 0.25) is 5.91 Å². The largest absolute Gasteiger partial charge is 0.385 e. The van der Waals surface area contributed by atoms with Crippen molar-refractivity contribution >= 4 is 5.91 Å². The molecule has 0 aromatic rings. The van der Waals surface area contributed by atoms with E-state index in [1.807, 2.05) is 6.92 Å². The van der Waals surface area contributed by atoms with Gasteiger partial charge in [-0.2, -0.15) is 0 Å². The SMILES string of the molecule is COCCCN(CCOC)C(=O)C(C)CN. The fourth-order valence-electron chi connectivity index (χ4n) is 1.35. The Morgan fingerprint density at radius 1 is 1.25 bits per heavy atom. The second-order valence-electron chi connectivity index (χ2n) is 3.80.